The van der Waals surface area contributed by atoms with Crippen LogP contribution in [0.5, 0.6) is 0 Å². The topological polar surface area (TPSA) is 58.4 Å². The van der Waals surface area contributed by atoms with Crippen molar-refractivity contribution >= 4 is 30.8 Å². The minimum atomic E-state index is -0.397. The summed E-state index contributed by atoms with van der Waals surface area (Å²) in [5, 5.41) is 2.80. The third kappa shape index (κ3) is 5.52. The number of hydrogen-bond acceptors (Lipinski definition) is 2. The van der Waals surface area contributed by atoms with Crippen LogP contribution >= 0.6 is 24.8 Å². The van der Waals surface area contributed by atoms with Gasteiger partial charge in [0.05, 0.1) is 0 Å². The van der Waals surface area contributed by atoms with Crippen LogP contribution in [-0.4, -0.2) is 37.1 Å². The number of nitrogens with zero attached hydrogens (tertiary/aromatic N) is 1. The molecule has 1 fully saturated rings. The Kier molecular flexibility index (Phi) is 7.34. The van der Waals surface area contributed by atoms with E-state index in [4.69, 9.17) is 5.73 Å². The highest BCUT2D eigenvalue weighted by molar-refractivity contribution is 5.85. The molecule has 4 nitrogen and oxygen atoms in total. The van der Waals surface area contributed by atoms with E-state index in [0.29, 0.717) is 0 Å². The fourth-order valence-corrected chi connectivity index (χ4v) is 1.29. The zero-order valence-electron chi connectivity index (χ0n) is 8.58. The largest absolute Gasteiger partial charge is 0.352 e. The van der Waals surface area contributed by atoms with Crippen molar-refractivity contribution in [3.05, 3.63) is 0 Å². The molecule has 1 rings (SSSR count). The van der Waals surface area contributed by atoms with Crippen LogP contribution < -0.4 is 11.1 Å². The first-order valence-electron chi connectivity index (χ1n) is 4.26. The predicted octanol–water partition coefficient (Wildman–Crippen LogP) is 0.983. The summed E-state index contributed by atoms with van der Waals surface area (Å²) in [6.45, 7) is 1.00. The number of primary amides is 1. The van der Waals surface area contributed by atoms with Gasteiger partial charge in [-0.3, -0.25) is 0 Å². The number of nitrogens with two attached hydrogens (primary N) is 1. The number of hydrogen-bond donors (Lipinski definition) is 2. The van der Waals surface area contributed by atoms with Gasteiger partial charge >= 0.3 is 6.03 Å². The van der Waals surface area contributed by atoms with Crippen LogP contribution in [-0.2, 0) is 0 Å². The first-order chi connectivity index (χ1) is 5.54. The van der Waals surface area contributed by atoms with E-state index in [1.165, 1.54) is 0 Å². The average molecular weight is 244 g/mol. The highest BCUT2D eigenvalue weighted by atomic mass is 35.5. The Labute approximate surface area is 97.4 Å². The second-order valence-corrected chi connectivity index (χ2v) is 3.82. The molecule has 0 radical (unpaired) electrons. The zero-order valence-corrected chi connectivity index (χ0v) is 10.2. The molecule has 0 aliphatic heterocycles. The third-order valence-corrected chi connectivity index (χ3v) is 2.28. The molecule has 1 saturated carbocycles. The number of rotatable bonds is 4. The summed E-state index contributed by atoms with van der Waals surface area (Å²) in [6.07, 6.45) is 3.15. The summed E-state index contributed by atoms with van der Waals surface area (Å²) >= 11 is 0. The van der Waals surface area contributed by atoms with Crippen molar-refractivity contribution in [2.45, 2.75) is 24.8 Å². The van der Waals surface area contributed by atoms with Gasteiger partial charge in [0.25, 0.3) is 0 Å². The molecule has 1 aliphatic rings. The predicted molar refractivity (Wildman–Crippen MR) is 62.4 cm³/mol. The van der Waals surface area contributed by atoms with Gasteiger partial charge in [0.15, 0.2) is 0 Å². The summed E-state index contributed by atoms with van der Waals surface area (Å²) in [6, 6.07) is -0.397. The maximum absolute atomic E-state index is 10.6. The molecule has 2 amide bonds. The lowest BCUT2D eigenvalue weighted by Gasteiger charge is -2.18. The highest BCUT2D eigenvalue weighted by Gasteiger charge is 2.42. The van der Waals surface area contributed by atoms with Gasteiger partial charge in [0.1, 0.15) is 0 Å². The van der Waals surface area contributed by atoms with E-state index < -0.39 is 6.03 Å². The minimum absolute atomic E-state index is 0. The van der Waals surface area contributed by atoms with Crippen molar-refractivity contribution < 1.29 is 4.79 Å². The Morgan fingerprint density at radius 3 is 2.21 bits per heavy atom. The molecule has 0 bridgehead atoms. The van der Waals surface area contributed by atoms with Crippen LogP contribution in [0.3, 0.4) is 0 Å². The zero-order chi connectivity index (χ0) is 9.19. The van der Waals surface area contributed by atoms with Gasteiger partial charge in [-0.05, 0) is 39.9 Å². The Morgan fingerprint density at radius 2 is 1.93 bits per heavy atom. The maximum atomic E-state index is 10.6. The third-order valence-electron chi connectivity index (χ3n) is 2.28. The van der Waals surface area contributed by atoms with E-state index >= 15 is 0 Å². The van der Waals surface area contributed by atoms with E-state index in [-0.39, 0.29) is 30.4 Å². The number of halogens is 2. The molecule has 3 N–H and O–H groups in total. The number of nitrogens with one attached hydrogen (secondary N) is 1. The first-order valence-corrected chi connectivity index (χ1v) is 4.26. The van der Waals surface area contributed by atoms with Gasteiger partial charge < -0.3 is 16.0 Å². The molecule has 0 aromatic carbocycles. The van der Waals surface area contributed by atoms with E-state index in [0.717, 1.165) is 25.8 Å². The van der Waals surface area contributed by atoms with Crippen molar-refractivity contribution in [3.8, 4) is 0 Å². The fourth-order valence-electron chi connectivity index (χ4n) is 1.29. The van der Waals surface area contributed by atoms with E-state index in [2.05, 4.69) is 10.2 Å². The van der Waals surface area contributed by atoms with Crippen molar-refractivity contribution in [2.75, 3.05) is 20.6 Å². The van der Waals surface area contributed by atoms with Gasteiger partial charge in [0, 0.05) is 5.54 Å². The lowest BCUT2D eigenvalue weighted by atomic mass is 10.2. The molecule has 0 unspecified atom stereocenters. The normalized spacial score (nSPS) is 16.5. The quantitative estimate of drug-likeness (QED) is 0.774. The molecule has 0 aromatic heterocycles. The van der Waals surface area contributed by atoms with Crippen molar-refractivity contribution in [3.63, 3.8) is 0 Å². The number of urea groups is 1. The van der Waals surface area contributed by atoms with Gasteiger partial charge in [0.2, 0.25) is 0 Å². The number of carbonyl (C=O) groups is 1. The summed E-state index contributed by atoms with van der Waals surface area (Å²) in [4.78, 5) is 12.7. The van der Waals surface area contributed by atoms with Crippen LogP contribution in [0.4, 0.5) is 4.79 Å². The molecule has 0 spiro atoms. The Balaban J connectivity index is 0. The molecular formula is C8H19Cl2N3O. The molecule has 14 heavy (non-hydrogen) atoms. The molecule has 0 heterocycles. The van der Waals surface area contributed by atoms with Crippen LogP contribution in [0.15, 0.2) is 0 Å². The van der Waals surface area contributed by atoms with Crippen molar-refractivity contribution in [2.24, 2.45) is 5.73 Å². The molecule has 0 saturated heterocycles. The molecule has 1 aliphatic carbocycles. The summed E-state index contributed by atoms with van der Waals surface area (Å²) in [5.74, 6) is 0. The Hall–Kier alpha value is -0.190. The monoisotopic (exact) mass is 243 g/mol. The van der Waals surface area contributed by atoms with Crippen LogP contribution in [0, 0.1) is 0 Å². The van der Waals surface area contributed by atoms with Gasteiger partial charge in [-0.25, -0.2) is 4.79 Å². The molecule has 86 valence electrons. The molecule has 0 aromatic rings. The average Bonchev–Trinajstić information content (AvgIpc) is 2.64. The summed E-state index contributed by atoms with van der Waals surface area (Å²) in [5.41, 5.74) is 5.10. The fraction of sp³-hybridized carbons (Fsp3) is 0.875. The summed E-state index contributed by atoms with van der Waals surface area (Å²) in [7, 11) is 4.06. The highest BCUT2D eigenvalue weighted by Crippen LogP contribution is 2.38. The number of carbonyl (C=O) groups excluding carboxylic acids is 1. The van der Waals surface area contributed by atoms with E-state index in [9.17, 15) is 4.79 Å². The molecule has 6 heteroatoms. The van der Waals surface area contributed by atoms with Gasteiger partial charge in [-0.15, -0.1) is 24.8 Å². The Bertz CT molecular complexity index is 183. The summed E-state index contributed by atoms with van der Waals surface area (Å²) < 4.78 is 0. The molecular weight excluding hydrogens is 225 g/mol. The minimum Gasteiger partial charge on any atom is -0.352 e. The lowest BCUT2D eigenvalue weighted by Crippen LogP contribution is -2.41. The number of amides is 2. The van der Waals surface area contributed by atoms with Crippen LogP contribution in [0.25, 0.3) is 0 Å². The standard InChI is InChI=1S/C8H17N3O.2ClH/c1-11(2)6-5-8(3-4-8)10-7(9)12;;/h3-6H2,1-2H3,(H3,9,10,12);2*1H. The smallest absolute Gasteiger partial charge is 0.312 e. The van der Waals surface area contributed by atoms with Crippen molar-refractivity contribution in [1.29, 1.82) is 0 Å². The van der Waals surface area contributed by atoms with Crippen molar-refractivity contribution in [1.82, 2.24) is 10.2 Å². The van der Waals surface area contributed by atoms with E-state index in [1.807, 2.05) is 14.1 Å². The molecule has 0 atom stereocenters. The first kappa shape index (κ1) is 16.2. The van der Waals surface area contributed by atoms with Gasteiger partial charge in [-0.1, -0.05) is 0 Å². The van der Waals surface area contributed by atoms with Crippen LogP contribution in [0.2, 0.25) is 0 Å². The maximum Gasteiger partial charge on any atom is 0.312 e. The lowest BCUT2D eigenvalue weighted by molar-refractivity contribution is 0.241. The Morgan fingerprint density at radius 1 is 1.43 bits per heavy atom. The van der Waals surface area contributed by atoms with Crippen LogP contribution in [0.1, 0.15) is 19.3 Å². The van der Waals surface area contributed by atoms with E-state index in [1.54, 1.807) is 0 Å². The SMILES string of the molecule is CN(C)CCC1(NC(N)=O)CC1.Cl.Cl. The second-order valence-electron chi connectivity index (χ2n) is 3.82. The second kappa shape index (κ2) is 6.32. The van der Waals surface area contributed by atoms with Gasteiger partial charge in [-0.2, -0.15) is 0 Å².